The van der Waals surface area contributed by atoms with Crippen molar-refractivity contribution < 1.29 is 4.39 Å². The molecule has 0 unspecified atom stereocenters. The smallest absolute Gasteiger partial charge is 0.146 e. The molecule has 2 heterocycles. The van der Waals surface area contributed by atoms with Crippen molar-refractivity contribution in [3.8, 4) is 0 Å². The Labute approximate surface area is 126 Å². The molecule has 5 heteroatoms. The van der Waals surface area contributed by atoms with Crippen LogP contribution in [0.15, 0.2) is 24.3 Å². The van der Waals surface area contributed by atoms with Crippen molar-refractivity contribution in [2.24, 2.45) is 0 Å². The van der Waals surface area contributed by atoms with Crippen molar-refractivity contribution in [2.45, 2.75) is 27.2 Å². The van der Waals surface area contributed by atoms with Gasteiger partial charge < -0.3 is 5.32 Å². The first-order valence-electron chi connectivity index (χ1n) is 6.88. The van der Waals surface area contributed by atoms with Crippen LogP contribution in [0, 0.1) is 19.7 Å². The van der Waals surface area contributed by atoms with Crippen molar-refractivity contribution in [3.05, 3.63) is 46.3 Å². The third-order valence-electron chi connectivity index (χ3n) is 3.52. The Morgan fingerprint density at radius 2 is 1.95 bits per heavy atom. The van der Waals surface area contributed by atoms with Crippen LogP contribution in [-0.2, 0) is 6.42 Å². The molecule has 0 spiro atoms. The number of fused-ring (bicyclic) bond motifs is 1. The van der Waals surface area contributed by atoms with Gasteiger partial charge in [0.25, 0.3) is 0 Å². The monoisotopic (exact) mass is 301 g/mol. The van der Waals surface area contributed by atoms with Gasteiger partial charge in [-0.3, -0.25) is 0 Å². The summed E-state index contributed by atoms with van der Waals surface area (Å²) in [6.07, 6.45) is 0.748. The average Bonchev–Trinajstić information content (AvgIpc) is 2.76. The lowest BCUT2D eigenvalue weighted by Gasteiger charge is -2.10. The van der Waals surface area contributed by atoms with Gasteiger partial charge in [-0.1, -0.05) is 19.1 Å². The molecule has 0 aliphatic heterocycles. The first-order valence-corrected chi connectivity index (χ1v) is 7.70. The van der Waals surface area contributed by atoms with Crippen LogP contribution in [0.25, 0.3) is 10.2 Å². The van der Waals surface area contributed by atoms with Gasteiger partial charge in [-0.15, -0.1) is 11.3 Å². The number of aryl methyl sites for hydroxylation is 3. The molecule has 0 aliphatic rings. The van der Waals surface area contributed by atoms with Crippen LogP contribution in [0.3, 0.4) is 0 Å². The maximum atomic E-state index is 13.9. The predicted octanol–water partition coefficient (Wildman–Crippen LogP) is 4.75. The summed E-state index contributed by atoms with van der Waals surface area (Å²) < 4.78 is 13.9. The normalized spacial score (nSPS) is 11.0. The lowest BCUT2D eigenvalue weighted by molar-refractivity contribution is 0.632. The Hall–Kier alpha value is -2.01. The number of benzene rings is 1. The molecule has 3 nitrogen and oxygen atoms in total. The molecule has 0 amide bonds. The second-order valence-electron chi connectivity index (χ2n) is 4.91. The predicted molar refractivity (Wildman–Crippen MR) is 85.9 cm³/mol. The minimum Gasteiger partial charge on any atom is -0.337 e. The Morgan fingerprint density at radius 1 is 1.19 bits per heavy atom. The summed E-state index contributed by atoms with van der Waals surface area (Å²) in [5.74, 6) is 1.17. The Morgan fingerprint density at radius 3 is 2.67 bits per heavy atom. The Kier molecular flexibility index (Phi) is 3.59. The van der Waals surface area contributed by atoms with Crippen LogP contribution >= 0.6 is 11.3 Å². The quantitative estimate of drug-likeness (QED) is 0.758. The molecule has 2 aromatic heterocycles. The van der Waals surface area contributed by atoms with Gasteiger partial charge in [0, 0.05) is 11.3 Å². The zero-order chi connectivity index (χ0) is 15.0. The van der Waals surface area contributed by atoms with Crippen molar-refractivity contribution in [3.63, 3.8) is 0 Å². The largest absolute Gasteiger partial charge is 0.337 e. The van der Waals surface area contributed by atoms with Gasteiger partial charge in [-0.25, -0.2) is 14.4 Å². The van der Waals surface area contributed by atoms with Gasteiger partial charge in [-0.05, 0) is 31.5 Å². The Bertz CT molecular complexity index is 811. The highest BCUT2D eigenvalue weighted by molar-refractivity contribution is 7.18. The molecule has 3 rings (SSSR count). The highest BCUT2D eigenvalue weighted by atomic mass is 32.1. The first kappa shape index (κ1) is 13.9. The molecule has 0 aliphatic carbocycles. The second kappa shape index (κ2) is 5.41. The third kappa shape index (κ3) is 2.49. The van der Waals surface area contributed by atoms with Gasteiger partial charge in [0.05, 0.1) is 11.1 Å². The molecule has 21 heavy (non-hydrogen) atoms. The molecule has 108 valence electrons. The fraction of sp³-hybridized carbons (Fsp3) is 0.250. The van der Waals surface area contributed by atoms with E-state index in [0.29, 0.717) is 11.5 Å². The van der Waals surface area contributed by atoms with Gasteiger partial charge in [-0.2, -0.15) is 0 Å². The van der Waals surface area contributed by atoms with Crippen molar-refractivity contribution in [2.75, 3.05) is 5.32 Å². The lowest BCUT2D eigenvalue weighted by atomic mass is 10.2. The van der Waals surface area contributed by atoms with E-state index in [0.717, 1.165) is 28.0 Å². The van der Waals surface area contributed by atoms with E-state index in [-0.39, 0.29) is 5.82 Å². The van der Waals surface area contributed by atoms with Crippen LogP contribution in [0.2, 0.25) is 0 Å². The van der Waals surface area contributed by atoms with Crippen LogP contribution in [0.4, 0.5) is 15.9 Å². The van der Waals surface area contributed by atoms with Gasteiger partial charge in [0.2, 0.25) is 0 Å². The molecular weight excluding hydrogens is 285 g/mol. The zero-order valence-corrected chi connectivity index (χ0v) is 13.0. The van der Waals surface area contributed by atoms with E-state index in [1.807, 2.05) is 6.92 Å². The summed E-state index contributed by atoms with van der Waals surface area (Å²) in [5, 5.41) is 4.11. The molecule has 0 saturated heterocycles. The van der Waals surface area contributed by atoms with Crippen molar-refractivity contribution >= 4 is 33.1 Å². The number of aromatic nitrogens is 2. The van der Waals surface area contributed by atoms with E-state index < -0.39 is 0 Å². The summed E-state index contributed by atoms with van der Waals surface area (Å²) in [4.78, 5) is 11.3. The molecule has 0 saturated carbocycles. The molecule has 3 aromatic rings. The molecule has 0 atom stereocenters. The van der Waals surface area contributed by atoms with Crippen molar-refractivity contribution in [1.82, 2.24) is 9.97 Å². The van der Waals surface area contributed by atoms with E-state index >= 15 is 0 Å². The van der Waals surface area contributed by atoms with Gasteiger partial charge in [0.15, 0.2) is 0 Å². The summed E-state index contributed by atoms with van der Waals surface area (Å²) in [6, 6.07) is 6.63. The van der Waals surface area contributed by atoms with E-state index in [9.17, 15) is 4.39 Å². The molecule has 1 aromatic carbocycles. The van der Waals surface area contributed by atoms with E-state index in [1.54, 1.807) is 29.5 Å². The molecule has 0 fully saturated rings. The molecule has 1 N–H and O–H groups in total. The highest BCUT2D eigenvalue weighted by Gasteiger charge is 2.15. The summed E-state index contributed by atoms with van der Waals surface area (Å²) >= 11 is 1.65. The third-order valence-corrected chi connectivity index (χ3v) is 4.62. The minimum absolute atomic E-state index is 0.285. The fourth-order valence-corrected chi connectivity index (χ4v) is 3.28. The summed E-state index contributed by atoms with van der Waals surface area (Å²) in [5.41, 5.74) is 1.58. The SMILES string of the molecule is CCc1nc(Nc2ccccc2F)c2c(C)c(C)sc2n1. The number of nitrogens with one attached hydrogen (secondary N) is 1. The topological polar surface area (TPSA) is 37.8 Å². The zero-order valence-electron chi connectivity index (χ0n) is 12.2. The van der Waals surface area contributed by atoms with Gasteiger partial charge in [0.1, 0.15) is 22.3 Å². The highest BCUT2D eigenvalue weighted by Crippen LogP contribution is 2.34. The van der Waals surface area contributed by atoms with Crippen molar-refractivity contribution in [1.29, 1.82) is 0 Å². The van der Waals surface area contributed by atoms with Crippen LogP contribution in [0.1, 0.15) is 23.2 Å². The number of rotatable bonds is 3. The number of nitrogens with zero attached hydrogens (tertiary/aromatic N) is 2. The number of hydrogen-bond acceptors (Lipinski definition) is 4. The molecule has 0 bridgehead atoms. The maximum absolute atomic E-state index is 13.9. The summed E-state index contributed by atoms with van der Waals surface area (Å²) in [6.45, 7) is 6.14. The standard InChI is InChI=1S/C16H16FN3S/c1-4-13-19-15(18-12-8-6-5-7-11(12)17)14-9(2)10(3)21-16(14)20-13/h5-8H,4H2,1-3H3,(H,18,19,20). The summed E-state index contributed by atoms with van der Waals surface area (Å²) in [7, 11) is 0. The number of thiophene rings is 1. The van der Waals surface area contributed by atoms with E-state index in [4.69, 9.17) is 0 Å². The first-order chi connectivity index (χ1) is 10.1. The van der Waals surface area contributed by atoms with E-state index in [1.165, 1.54) is 10.9 Å². The number of hydrogen-bond donors (Lipinski definition) is 1. The Balaban J connectivity index is 2.18. The minimum atomic E-state index is -0.285. The van der Waals surface area contributed by atoms with Crippen LogP contribution in [-0.4, -0.2) is 9.97 Å². The lowest BCUT2D eigenvalue weighted by Crippen LogP contribution is -2.01. The average molecular weight is 301 g/mol. The fourth-order valence-electron chi connectivity index (χ4n) is 2.23. The molecule has 0 radical (unpaired) electrons. The molecular formula is C16H16FN3S. The number of para-hydroxylation sites is 1. The van der Waals surface area contributed by atoms with E-state index in [2.05, 4.69) is 29.1 Å². The number of halogens is 1. The van der Waals surface area contributed by atoms with Crippen LogP contribution < -0.4 is 5.32 Å². The van der Waals surface area contributed by atoms with Gasteiger partial charge >= 0.3 is 0 Å². The van der Waals surface area contributed by atoms with Crippen LogP contribution in [0.5, 0.6) is 0 Å². The number of anilines is 2. The second-order valence-corrected chi connectivity index (χ2v) is 6.11. The maximum Gasteiger partial charge on any atom is 0.146 e.